The molecule has 2 aromatic carbocycles. The maximum atomic E-state index is 13.3. The van der Waals surface area contributed by atoms with Gasteiger partial charge in [-0.25, -0.2) is 8.78 Å². The molecule has 2 atom stereocenters. The predicted octanol–water partition coefficient (Wildman–Crippen LogP) is 4.39. The van der Waals surface area contributed by atoms with Gasteiger partial charge in [0.1, 0.15) is 5.75 Å². The Morgan fingerprint density at radius 1 is 0.905 bits per heavy atom. The Hall–Kier alpha value is -1.94. The lowest BCUT2D eigenvalue weighted by atomic mass is 10.0. The van der Waals surface area contributed by atoms with Crippen LogP contribution >= 0.6 is 0 Å². The Morgan fingerprint density at radius 3 is 2.19 bits per heavy atom. The molecule has 2 rings (SSSR count). The maximum absolute atomic E-state index is 13.3. The first-order valence-corrected chi connectivity index (χ1v) is 6.86. The van der Waals surface area contributed by atoms with Crippen LogP contribution in [0.25, 0.3) is 0 Å². The van der Waals surface area contributed by atoms with Crippen LogP contribution in [-0.4, -0.2) is 7.11 Å². The van der Waals surface area contributed by atoms with Crippen molar-refractivity contribution < 1.29 is 13.5 Å². The van der Waals surface area contributed by atoms with Gasteiger partial charge in [-0.2, -0.15) is 0 Å². The summed E-state index contributed by atoms with van der Waals surface area (Å²) in [5, 5.41) is 3.37. The minimum Gasteiger partial charge on any atom is -0.497 e. The lowest BCUT2D eigenvalue weighted by molar-refractivity contribution is 0.412. The number of benzene rings is 2. The molecular formula is C17H19F2NO. The second-order valence-corrected chi connectivity index (χ2v) is 5.06. The highest BCUT2D eigenvalue weighted by Crippen LogP contribution is 2.23. The van der Waals surface area contributed by atoms with Crippen molar-refractivity contribution in [2.75, 3.05) is 7.11 Å². The van der Waals surface area contributed by atoms with Gasteiger partial charge in [0.2, 0.25) is 0 Å². The first-order valence-electron chi connectivity index (χ1n) is 6.86. The van der Waals surface area contributed by atoms with E-state index in [1.54, 1.807) is 13.2 Å². The second kappa shape index (κ2) is 6.68. The molecule has 0 amide bonds. The summed E-state index contributed by atoms with van der Waals surface area (Å²) in [6.07, 6.45) is 0. The molecule has 2 aromatic rings. The van der Waals surface area contributed by atoms with Gasteiger partial charge in [0.15, 0.2) is 11.6 Å². The summed E-state index contributed by atoms with van der Waals surface area (Å²) in [5.74, 6) is -0.858. The summed E-state index contributed by atoms with van der Waals surface area (Å²) >= 11 is 0. The Kier molecular flexibility index (Phi) is 4.91. The lowest BCUT2D eigenvalue weighted by Gasteiger charge is -2.21. The Morgan fingerprint density at radius 2 is 1.57 bits per heavy atom. The number of halogens is 2. The third-order valence-corrected chi connectivity index (χ3v) is 3.54. The van der Waals surface area contributed by atoms with Crippen LogP contribution in [0.2, 0.25) is 0 Å². The molecule has 0 aliphatic rings. The summed E-state index contributed by atoms with van der Waals surface area (Å²) in [7, 11) is 1.63. The van der Waals surface area contributed by atoms with Crippen molar-refractivity contribution in [2.45, 2.75) is 25.9 Å². The van der Waals surface area contributed by atoms with Crippen LogP contribution in [0, 0.1) is 11.6 Å². The molecule has 0 aliphatic carbocycles. The molecule has 0 spiro atoms. The van der Waals surface area contributed by atoms with E-state index in [0.29, 0.717) is 5.56 Å². The molecule has 0 saturated carbocycles. The summed E-state index contributed by atoms with van der Waals surface area (Å²) in [5.41, 5.74) is 1.78. The van der Waals surface area contributed by atoms with Gasteiger partial charge in [0, 0.05) is 12.1 Å². The topological polar surface area (TPSA) is 21.3 Å². The number of rotatable bonds is 5. The van der Waals surface area contributed by atoms with Gasteiger partial charge in [-0.3, -0.25) is 0 Å². The molecule has 0 radical (unpaired) electrons. The lowest BCUT2D eigenvalue weighted by Crippen LogP contribution is -2.22. The average Bonchev–Trinajstić information content (AvgIpc) is 2.49. The highest BCUT2D eigenvalue weighted by molar-refractivity contribution is 5.30. The van der Waals surface area contributed by atoms with Crippen molar-refractivity contribution in [1.29, 1.82) is 0 Å². The number of hydrogen-bond acceptors (Lipinski definition) is 2. The standard InChI is InChI=1S/C17H19F2NO/c1-11(13-5-4-6-15(9-13)21-3)20-12(2)14-7-8-16(18)17(19)10-14/h4-12,20H,1-3H3. The Bertz CT molecular complexity index is 615. The predicted molar refractivity (Wildman–Crippen MR) is 79.3 cm³/mol. The number of nitrogens with one attached hydrogen (secondary N) is 1. The molecule has 0 saturated heterocycles. The molecule has 0 fully saturated rings. The molecule has 0 bridgehead atoms. The quantitative estimate of drug-likeness (QED) is 0.882. The zero-order valence-corrected chi connectivity index (χ0v) is 12.4. The van der Waals surface area contributed by atoms with Gasteiger partial charge >= 0.3 is 0 Å². The maximum Gasteiger partial charge on any atom is 0.159 e. The fourth-order valence-electron chi connectivity index (χ4n) is 2.26. The van der Waals surface area contributed by atoms with Gasteiger partial charge in [0.05, 0.1) is 7.11 Å². The van der Waals surface area contributed by atoms with Crippen molar-refractivity contribution in [2.24, 2.45) is 0 Å². The summed E-state index contributed by atoms with van der Waals surface area (Å²) in [4.78, 5) is 0. The van der Waals surface area contributed by atoms with E-state index in [2.05, 4.69) is 5.32 Å². The number of ether oxygens (including phenoxy) is 1. The Balaban J connectivity index is 2.10. The van der Waals surface area contributed by atoms with E-state index in [-0.39, 0.29) is 12.1 Å². The third-order valence-electron chi connectivity index (χ3n) is 3.54. The molecule has 2 unspecified atom stereocenters. The smallest absolute Gasteiger partial charge is 0.159 e. The normalized spacial score (nSPS) is 13.8. The van der Waals surface area contributed by atoms with E-state index in [0.717, 1.165) is 17.4 Å². The van der Waals surface area contributed by atoms with E-state index in [4.69, 9.17) is 4.74 Å². The minimum atomic E-state index is -0.827. The molecule has 112 valence electrons. The van der Waals surface area contributed by atoms with E-state index in [9.17, 15) is 8.78 Å². The molecule has 0 aliphatic heterocycles. The summed E-state index contributed by atoms with van der Waals surface area (Å²) < 4.78 is 31.4. The molecule has 2 nitrogen and oxygen atoms in total. The van der Waals surface area contributed by atoms with Crippen molar-refractivity contribution in [3.63, 3.8) is 0 Å². The fourth-order valence-corrected chi connectivity index (χ4v) is 2.26. The second-order valence-electron chi connectivity index (χ2n) is 5.06. The molecular weight excluding hydrogens is 272 g/mol. The van der Waals surface area contributed by atoms with E-state index < -0.39 is 11.6 Å². The van der Waals surface area contributed by atoms with Crippen LogP contribution in [0.1, 0.15) is 37.1 Å². The van der Waals surface area contributed by atoms with Crippen molar-refractivity contribution in [1.82, 2.24) is 5.32 Å². The summed E-state index contributed by atoms with van der Waals surface area (Å²) in [6.45, 7) is 3.94. The van der Waals surface area contributed by atoms with Crippen molar-refractivity contribution >= 4 is 0 Å². The van der Waals surface area contributed by atoms with Crippen molar-refractivity contribution in [3.05, 3.63) is 65.2 Å². The van der Waals surface area contributed by atoms with Gasteiger partial charge in [-0.1, -0.05) is 18.2 Å². The van der Waals surface area contributed by atoms with Crippen LogP contribution in [0.15, 0.2) is 42.5 Å². The zero-order chi connectivity index (χ0) is 15.4. The van der Waals surface area contributed by atoms with Gasteiger partial charge in [-0.05, 0) is 49.2 Å². The molecule has 0 aromatic heterocycles. The molecule has 0 heterocycles. The Labute approximate surface area is 123 Å². The van der Waals surface area contributed by atoms with E-state index >= 15 is 0 Å². The van der Waals surface area contributed by atoms with Crippen LogP contribution in [0.3, 0.4) is 0 Å². The number of hydrogen-bond donors (Lipinski definition) is 1. The van der Waals surface area contributed by atoms with Gasteiger partial charge in [0.25, 0.3) is 0 Å². The SMILES string of the molecule is COc1cccc(C(C)NC(C)c2ccc(F)c(F)c2)c1. The highest BCUT2D eigenvalue weighted by Gasteiger charge is 2.13. The largest absolute Gasteiger partial charge is 0.497 e. The highest BCUT2D eigenvalue weighted by atomic mass is 19.2. The van der Waals surface area contributed by atoms with Crippen LogP contribution in [0.4, 0.5) is 8.78 Å². The fraction of sp³-hybridized carbons (Fsp3) is 0.294. The zero-order valence-electron chi connectivity index (χ0n) is 12.4. The average molecular weight is 291 g/mol. The van der Waals surface area contributed by atoms with Gasteiger partial charge in [-0.15, -0.1) is 0 Å². The molecule has 4 heteroatoms. The van der Waals surface area contributed by atoms with Crippen molar-refractivity contribution in [3.8, 4) is 5.75 Å². The monoisotopic (exact) mass is 291 g/mol. The first kappa shape index (κ1) is 15.4. The molecule has 1 N–H and O–H groups in total. The van der Waals surface area contributed by atoms with Crippen LogP contribution < -0.4 is 10.1 Å². The third kappa shape index (κ3) is 3.79. The van der Waals surface area contributed by atoms with Gasteiger partial charge < -0.3 is 10.1 Å². The van der Waals surface area contributed by atoms with Crippen LogP contribution in [-0.2, 0) is 0 Å². The first-order chi connectivity index (χ1) is 10.0. The minimum absolute atomic E-state index is 0.0585. The van der Waals surface area contributed by atoms with E-state index in [1.165, 1.54) is 6.07 Å². The van der Waals surface area contributed by atoms with Crippen LogP contribution in [0.5, 0.6) is 5.75 Å². The number of methoxy groups -OCH3 is 1. The molecule has 21 heavy (non-hydrogen) atoms. The summed E-state index contributed by atoms with van der Waals surface area (Å²) in [6, 6.07) is 11.7. The van der Waals surface area contributed by atoms with E-state index in [1.807, 2.05) is 38.1 Å².